The topological polar surface area (TPSA) is 67.1 Å². The number of hydrogen-bond acceptors (Lipinski definition) is 3. The molecular formula is C17H24Cl2N6. The van der Waals surface area contributed by atoms with E-state index < -0.39 is 0 Å². The van der Waals surface area contributed by atoms with Crippen LogP contribution in [0.15, 0.2) is 23.2 Å². The van der Waals surface area contributed by atoms with Gasteiger partial charge in [-0.25, -0.2) is 4.99 Å². The average Bonchev–Trinajstić information content (AvgIpc) is 2.90. The van der Waals surface area contributed by atoms with Crippen LogP contribution >= 0.6 is 23.2 Å². The minimum Gasteiger partial charge on any atom is -0.356 e. The molecule has 0 spiro atoms. The van der Waals surface area contributed by atoms with Gasteiger partial charge >= 0.3 is 0 Å². The largest absolute Gasteiger partial charge is 0.356 e. The highest BCUT2D eigenvalue weighted by atomic mass is 35.5. The van der Waals surface area contributed by atoms with Gasteiger partial charge in [-0.1, -0.05) is 42.6 Å². The predicted molar refractivity (Wildman–Crippen MR) is 103 cm³/mol. The van der Waals surface area contributed by atoms with E-state index >= 15 is 0 Å². The van der Waals surface area contributed by atoms with Crippen LogP contribution < -0.4 is 10.6 Å². The molecule has 0 fully saturated rings. The van der Waals surface area contributed by atoms with Gasteiger partial charge in [-0.2, -0.15) is 0 Å². The molecule has 0 unspecified atom stereocenters. The van der Waals surface area contributed by atoms with Gasteiger partial charge in [0.1, 0.15) is 5.82 Å². The van der Waals surface area contributed by atoms with Crippen LogP contribution in [0.25, 0.3) is 0 Å². The maximum absolute atomic E-state index is 6.22. The van der Waals surface area contributed by atoms with Crippen LogP contribution in [0.3, 0.4) is 0 Å². The normalized spacial score (nSPS) is 11.6. The number of nitrogens with one attached hydrogen (secondary N) is 2. The van der Waals surface area contributed by atoms with Crippen molar-refractivity contribution in [3.63, 3.8) is 0 Å². The number of hydrogen-bond donors (Lipinski definition) is 2. The average molecular weight is 383 g/mol. The second kappa shape index (κ2) is 9.63. The van der Waals surface area contributed by atoms with Crippen molar-refractivity contribution in [3.8, 4) is 0 Å². The molecule has 8 heteroatoms. The van der Waals surface area contributed by atoms with Crippen molar-refractivity contribution >= 4 is 29.2 Å². The van der Waals surface area contributed by atoms with Crippen LogP contribution in [0.2, 0.25) is 10.0 Å². The van der Waals surface area contributed by atoms with Crippen LogP contribution in [0, 0.1) is 6.92 Å². The molecule has 1 heterocycles. The van der Waals surface area contributed by atoms with E-state index in [-0.39, 0.29) is 0 Å². The molecule has 0 radical (unpaired) electrons. The van der Waals surface area contributed by atoms with E-state index in [2.05, 4.69) is 32.7 Å². The Morgan fingerprint density at radius 2 is 2.04 bits per heavy atom. The van der Waals surface area contributed by atoms with Gasteiger partial charge in [0, 0.05) is 23.6 Å². The third-order valence-corrected chi connectivity index (χ3v) is 4.43. The smallest absolute Gasteiger partial charge is 0.191 e. The number of guanidine groups is 1. The summed E-state index contributed by atoms with van der Waals surface area (Å²) in [6.45, 7) is 5.95. The number of nitrogens with zero attached hydrogens (tertiary/aromatic N) is 4. The SMILES string of the molecule is CCCCNC(=NCc1ccc(Cl)cc1Cl)NCc1nnc(C)n1C. The molecule has 0 amide bonds. The van der Waals surface area contributed by atoms with Crippen molar-refractivity contribution in [1.82, 2.24) is 25.4 Å². The first-order chi connectivity index (χ1) is 12.0. The molecule has 2 rings (SSSR count). The molecule has 0 aliphatic rings. The lowest BCUT2D eigenvalue weighted by Gasteiger charge is -2.12. The monoisotopic (exact) mass is 382 g/mol. The highest BCUT2D eigenvalue weighted by molar-refractivity contribution is 6.35. The van der Waals surface area contributed by atoms with Crippen molar-refractivity contribution in [2.75, 3.05) is 6.54 Å². The van der Waals surface area contributed by atoms with Crippen molar-refractivity contribution in [2.45, 2.75) is 39.8 Å². The summed E-state index contributed by atoms with van der Waals surface area (Å²) in [7, 11) is 1.95. The summed E-state index contributed by atoms with van der Waals surface area (Å²) in [6.07, 6.45) is 2.19. The Labute approximate surface area is 158 Å². The first kappa shape index (κ1) is 19.5. The summed E-state index contributed by atoms with van der Waals surface area (Å²) in [5.74, 6) is 2.45. The molecule has 136 valence electrons. The summed E-state index contributed by atoms with van der Waals surface area (Å²) in [5.41, 5.74) is 0.928. The van der Waals surface area contributed by atoms with E-state index in [0.717, 1.165) is 42.6 Å². The van der Waals surface area contributed by atoms with Crippen molar-refractivity contribution in [2.24, 2.45) is 12.0 Å². The van der Waals surface area contributed by atoms with Gasteiger partial charge in [0.25, 0.3) is 0 Å². The lowest BCUT2D eigenvalue weighted by Crippen LogP contribution is -2.38. The molecule has 1 aromatic carbocycles. The van der Waals surface area contributed by atoms with Crippen LogP contribution in [0.1, 0.15) is 37.0 Å². The van der Waals surface area contributed by atoms with Gasteiger partial charge in [-0.05, 0) is 31.0 Å². The van der Waals surface area contributed by atoms with Crippen LogP contribution in [0.4, 0.5) is 0 Å². The first-order valence-electron chi connectivity index (χ1n) is 8.32. The molecule has 0 saturated heterocycles. The molecule has 1 aromatic heterocycles. The minimum absolute atomic E-state index is 0.468. The fraction of sp³-hybridized carbons (Fsp3) is 0.471. The molecule has 0 aliphatic heterocycles. The quantitative estimate of drug-likeness (QED) is 0.437. The fourth-order valence-corrected chi connectivity index (χ4v) is 2.61. The first-order valence-corrected chi connectivity index (χ1v) is 9.07. The summed E-state index contributed by atoms with van der Waals surface area (Å²) in [4.78, 5) is 4.62. The Balaban J connectivity index is 2.04. The molecule has 0 aliphatic carbocycles. The Morgan fingerprint density at radius 3 is 2.68 bits per heavy atom. The Kier molecular flexibility index (Phi) is 7.52. The van der Waals surface area contributed by atoms with Gasteiger partial charge in [0.2, 0.25) is 0 Å². The zero-order chi connectivity index (χ0) is 18.2. The number of aryl methyl sites for hydroxylation is 1. The van der Waals surface area contributed by atoms with Gasteiger partial charge in [-0.15, -0.1) is 10.2 Å². The lowest BCUT2D eigenvalue weighted by molar-refractivity contribution is 0.695. The number of unbranched alkanes of at least 4 members (excludes halogenated alkanes) is 1. The molecule has 6 nitrogen and oxygen atoms in total. The Bertz CT molecular complexity index is 726. The van der Waals surface area contributed by atoms with Crippen LogP contribution in [-0.4, -0.2) is 27.3 Å². The van der Waals surface area contributed by atoms with Gasteiger partial charge < -0.3 is 15.2 Å². The van der Waals surface area contributed by atoms with Crippen LogP contribution in [-0.2, 0) is 20.1 Å². The maximum Gasteiger partial charge on any atom is 0.191 e. The number of benzene rings is 1. The highest BCUT2D eigenvalue weighted by Crippen LogP contribution is 2.21. The minimum atomic E-state index is 0.468. The summed E-state index contributed by atoms with van der Waals surface area (Å²) >= 11 is 12.2. The second-order valence-electron chi connectivity index (χ2n) is 5.76. The highest BCUT2D eigenvalue weighted by Gasteiger charge is 2.07. The van der Waals surface area contributed by atoms with E-state index in [4.69, 9.17) is 23.2 Å². The standard InChI is InChI=1S/C17H24Cl2N6/c1-4-5-8-20-17(22-11-16-24-23-12(2)25(16)3)21-10-13-6-7-14(18)9-15(13)19/h6-7,9H,4-5,8,10-11H2,1-3H3,(H2,20,21,22). The second-order valence-corrected chi connectivity index (χ2v) is 6.60. The van der Waals surface area contributed by atoms with E-state index in [9.17, 15) is 0 Å². The predicted octanol–water partition coefficient (Wildman–Crippen LogP) is 3.47. The van der Waals surface area contributed by atoms with Gasteiger partial charge in [0.15, 0.2) is 11.8 Å². The molecule has 0 bridgehead atoms. The number of aromatic nitrogens is 3. The van der Waals surface area contributed by atoms with Crippen molar-refractivity contribution in [3.05, 3.63) is 45.5 Å². The van der Waals surface area contributed by atoms with Gasteiger partial charge in [0.05, 0.1) is 13.1 Å². The third-order valence-electron chi connectivity index (χ3n) is 3.84. The zero-order valence-electron chi connectivity index (χ0n) is 14.8. The number of rotatable bonds is 7. The summed E-state index contributed by atoms with van der Waals surface area (Å²) < 4.78 is 1.95. The maximum atomic E-state index is 6.22. The molecule has 2 aromatic rings. The van der Waals surface area contributed by atoms with Crippen LogP contribution in [0.5, 0.6) is 0 Å². The van der Waals surface area contributed by atoms with E-state index in [0.29, 0.717) is 23.1 Å². The molecular weight excluding hydrogens is 359 g/mol. The molecule has 2 N–H and O–H groups in total. The van der Waals surface area contributed by atoms with E-state index in [1.54, 1.807) is 6.07 Å². The summed E-state index contributed by atoms with van der Waals surface area (Å²) in [5, 5.41) is 16.1. The Morgan fingerprint density at radius 1 is 1.24 bits per heavy atom. The molecule has 0 saturated carbocycles. The lowest BCUT2D eigenvalue weighted by atomic mass is 10.2. The zero-order valence-corrected chi connectivity index (χ0v) is 16.3. The van der Waals surface area contributed by atoms with Crippen molar-refractivity contribution in [1.29, 1.82) is 0 Å². The fourth-order valence-electron chi connectivity index (χ4n) is 2.14. The molecule has 25 heavy (non-hydrogen) atoms. The molecule has 0 atom stereocenters. The van der Waals surface area contributed by atoms with Crippen molar-refractivity contribution < 1.29 is 0 Å². The summed E-state index contributed by atoms with van der Waals surface area (Å²) in [6, 6.07) is 5.44. The third kappa shape index (κ3) is 5.90. The van der Waals surface area contributed by atoms with Gasteiger partial charge in [-0.3, -0.25) is 0 Å². The van der Waals surface area contributed by atoms with E-state index in [1.807, 2.05) is 30.7 Å². The number of aliphatic imine (C=N–C) groups is 1. The Hall–Kier alpha value is -1.79. The number of halogens is 2. The van der Waals surface area contributed by atoms with E-state index in [1.165, 1.54) is 0 Å².